The van der Waals surface area contributed by atoms with E-state index >= 15 is 0 Å². The molecule has 2 amide bonds. The predicted octanol–water partition coefficient (Wildman–Crippen LogP) is 6.28. The molecule has 1 aliphatic heterocycles. The van der Waals surface area contributed by atoms with Gasteiger partial charge in [-0.3, -0.25) is 9.59 Å². The van der Waals surface area contributed by atoms with E-state index in [1.54, 1.807) is 17.9 Å². The third kappa shape index (κ3) is 5.03. The molecule has 0 aliphatic carbocycles. The summed E-state index contributed by atoms with van der Waals surface area (Å²) >= 11 is 1.21. The number of aromatic amines is 1. The van der Waals surface area contributed by atoms with Gasteiger partial charge in [0.1, 0.15) is 18.9 Å². The maximum absolute atomic E-state index is 13.6. The Balaban J connectivity index is 1.29. The number of hydrogen-bond acceptors (Lipinski definition) is 4. The molecular formula is C29H28F2N4O2S. The zero-order valence-electron chi connectivity index (χ0n) is 21.0. The number of thioether (sulfide) groups is 1. The summed E-state index contributed by atoms with van der Waals surface area (Å²) in [6.07, 6.45) is 1.29. The first-order valence-corrected chi connectivity index (χ1v) is 13.4. The molecule has 2 heterocycles. The van der Waals surface area contributed by atoms with Crippen LogP contribution < -0.4 is 5.32 Å². The van der Waals surface area contributed by atoms with Crippen molar-refractivity contribution in [2.45, 2.75) is 43.8 Å². The van der Waals surface area contributed by atoms with Crippen LogP contribution in [-0.4, -0.2) is 44.5 Å². The fraction of sp³-hybridized carbons (Fsp3) is 0.276. The number of rotatable bonds is 8. The fourth-order valence-corrected chi connectivity index (χ4v) is 5.73. The van der Waals surface area contributed by atoms with Gasteiger partial charge in [-0.05, 0) is 54.7 Å². The molecule has 0 saturated carbocycles. The largest absolute Gasteiger partial charge is 0.333 e. The Morgan fingerprint density at radius 3 is 2.53 bits per heavy atom. The second-order valence-corrected chi connectivity index (χ2v) is 10.5. The average Bonchev–Trinajstić information content (AvgIpc) is 3.55. The van der Waals surface area contributed by atoms with Gasteiger partial charge in [-0.25, -0.2) is 13.8 Å². The van der Waals surface area contributed by atoms with Crippen LogP contribution in [0.5, 0.6) is 0 Å². The van der Waals surface area contributed by atoms with Gasteiger partial charge in [-0.1, -0.05) is 60.3 Å². The molecule has 1 atom stereocenters. The van der Waals surface area contributed by atoms with Gasteiger partial charge < -0.3 is 15.2 Å². The lowest BCUT2D eigenvalue weighted by atomic mass is 9.96. The number of nitrogens with zero attached hydrogens (tertiary/aromatic N) is 2. The van der Waals surface area contributed by atoms with Crippen molar-refractivity contribution in [2.75, 3.05) is 17.6 Å². The van der Waals surface area contributed by atoms with Crippen LogP contribution in [0.2, 0.25) is 0 Å². The van der Waals surface area contributed by atoms with Crippen molar-refractivity contribution in [1.29, 1.82) is 0 Å². The number of para-hydroxylation sites is 1. The van der Waals surface area contributed by atoms with Crippen LogP contribution in [0.1, 0.15) is 30.9 Å². The lowest BCUT2D eigenvalue weighted by Gasteiger charge is -2.34. The van der Waals surface area contributed by atoms with Gasteiger partial charge in [0.2, 0.25) is 11.8 Å². The minimum Gasteiger partial charge on any atom is -0.333 e. The van der Waals surface area contributed by atoms with Gasteiger partial charge >= 0.3 is 0 Å². The molecule has 0 bridgehead atoms. The second kappa shape index (κ2) is 10.9. The number of amides is 2. The third-order valence-corrected chi connectivity index (χ3v) is 7.95. The van der Waals surface area contributed by atoms with Gasteiger partial charge in [0.05, 0.1) is 16.8 Å². The quantitative estimate of drug-likeness (QED) is 0.261. The van der Waals surface area contributed by atoms with Crippen molar-refractivity contribution in [3.8, 4) is 11.1 Å². The number of carbonyl (C=O) groups is 2. The van der Waals surface area contributed by atoms with Crippen LogP contribution in [-0.2, 0) is 22.9 Å². The Labute approximate surface area is 223 Å². The van der Waals surface area contributed by atoms with Crippen molar-refractivity contribution in [2.24, 2.45) is 0 Å². The SMILES string of the molecule is C[C@@]1(C(=O)Nc2ccccc2-c2ccccc2)CCCN1C(=O)CSc1nc2cc(CF)c(CF)cc2[nH]1. The van der Waals surface area contributed by atoms with Crippen LogP contribution in [0.4, 0.5) is 14.5 Å². The Bertz CT molecular complexity index is 1440. The highest BCUT2D eigenvalue weighted by Crippen LogP contribution is 2.34. The number of halogens is 2. The molecule has 2 N–H and O–H groups in total. The number of aromatic nitrogens is 2. The normalized spacial score (nSPS) is 17.2. The van der Waals surface area contributed by atoms with Gasteiger partial charge in [0, 0.05) is 17.8 Å². The monoisotopic (exact) mass is 534 g/mol. The maximum Gasteiger partial charge on any atom is 0.250 e. The van der Waals surface area contributed by atoms with Crippen LogP contribution in [0, 0.1) is 0 Å². The third-order valence-electron chi connectivity index (χ3n) is 7.09. The molecule has 38 heavy (non-hydrogen) atoms. The summed E-state index contributed by atoms with van der Waals surface area (Å²) in [5.74, 6) is -0.316. The van der Waals surface area contributed by atoms with E-state index in [-0.39, 0.29) is 28.7 Å². The van der Waals surface area contributed by atoms with E-state index in [4.69, 9.17) is 0 Å². The van der Waals surface area contributed by atoms with E-state index in [1.807, 2.05) is 54.6 Å². The van der Waals surface area contributed by atoms with Crippen molar-refractivity contribution >= 4 is 40.3 Å². The molecule has 1 saturated heterocycles. The molecule has 6 nitrogen and oxygen atoms in total. The van der Waals surface area contributed by atoms with Crippen molar-refractivity contribution in [3.63, 3.8) is 0 Å². The number of nitrogens with one attached hydrogen (secondary N) is 2. The molecule has 9 heteroatoms. The van der Waals surface area contributed by atoms with Crippen LogP contribution in [0.25, 0.3) is 22.2 Å². The molecule has 0 radical (unpaired) electrons. The van der Waals surface area contributed by atoms with E-state index < -0.39 is 18.9 Å². The first-order valence-electron chi connectivity index (χ1n) is 12.5. The molecule has 1 fully saturated rings. The van der Waals surface area contributed by atoms with E-state index in [9.17, 15) is 18.4 Å². The molecule has 0 spiro atoms. The minimum absolute atomic E-state index is 0.0786. The highest BCUT2D eigenvalue weighted by molar-refractivity contribution is 7.99. The van der Waals surface area contributed by atoms with Gasteiger partial charge in [0.25, 0.3) is 0 Å². The molecule has 196 valence electrons. The zero-order valence-corrected chi connectivity index (χ0v) is 21.8. The topological polar surface area (TPSA) is 78.1 Å². The van der Waals surface area contributed by atoms with Crippen LogP contribution in [0.15, 0.2) is 71.9 Å². The Morgan fingerprint density at radius 2 is 1.76 bits per heavy atom. The van der Waals surface area contributed by atoms with Gasteiger partial charge in [-0.2, -0.15) is 0 Å². The number of anilines is 1. The number of H-pyrrole nitrogens is 1. The van der Waals surface area contributed by atoms with Crippen molar-refractivity contribution < 1.29 is 18.4 Å². The highest BCUT2D eigenvalue weighted by atomic mass is 32.2. The Morgan fingerprint density at radius 1 is 1.05 bits per heavy atom. The van der Waals surface area contributed by atoms with E-state index in [1.165, 1.54) is 17.8 Å². The van der Waals surface area contributed by atoms with Crippen LogP contribution in [0.3, 0.4) is 0 Å². The molecular weight excluding hydrogens is 506 g/mol. The number of alkyl halides is 2. The van der Waals surface area contributed by atoms with Crippen molar-refractivity contribution in [3.05, 3.63) is 77.9 Å². The van der Waals surface area contributed by atoms with Crippen LogP contribution >= 0.6 is 11.8 Å². The lowest BCUT2D eigenvalue weighted by molar-refractivity contribution is -0.139. The number of carbonyl (C=O) groups excluding carboxylic acids is 2. The summed E-state index contributed by atoms with van der Waals surface area (Å²) in [4.78, 5) is 36.0. The standard InChI is InChI=1S/C29H28F2N4O2S/c1-29(27(37)32-23-11-6-5-10-22(23)19-8-3-2-4-9-19)12-7-13-35(29)26(36)18-38-28-33-24-14-20(16-30)21(17-31)15-25(24)34-28/h2-6,8-11,14-15H,7,12-13,16-18H2,1H3,(H,32,37)(H,33,34)/t29-/m0/s1. The summed E-state index contributed by atoms with van der Waals surface area (Å²) in [7, 11) is 0. The molecule has 1 aliphatic rings. The lowest BCUT2D eigenvalue weighted by Crippen LogP contribution is -2.53. The van der Waals surface area contributed by atoms with Gasteiger partial charge in [0.15, 0.2) is 5.16 Å². The Hall–Kier alpha value is -3.72. The molecule has 3 aromatic carbocycles. The average molecular weight is 535 g/mol. The number of benzene rings is 3. The van der Waals surface area contributed by atoms with E-state index in [0.29, 0.717) is 34.8 Å². The first-order chi connectivity index (χ1) is 18.4. The summed E-state index contributed by atoms with van der Waals surface area (Å²) in [5, 5.41) is 3.55. The van der Waals surface area contributed by atoms with E-state index in [0.717, 1.165) is 17.5 Å². The maximum atomic E-state index is 13.6. The number of fused-ring (bicyclic) bond motifs is 1. The molecule has 4 aromatic rings. The minimum atomic E-state index is -0.985. The Kier molecular flexibility index (Phi) is 7.46. The summed E-state index contributed by atoms with van der Waals surface area (Å²) in [6, 6.07) is 20.5. The molecule has 5 rings (SSSR count). The van der Waals surface area contributed by atoms with Crippen molar-refractivity contribution in [1.82, 2.24) is 14.9 Å². The zero-order chi connectivity index (χ0) is 26.7. The van der Waals surface area contributed by atoms with Gasteiger partial charge in [-0.15, -0.1) is 0 Å². The predicted molar refractivity (Wildman–Crippen MR) is 146 cm³/mol. The second-order valence-electron chi connectivity index (χ2n) is 9.52. The number of likely N-dealkylation sites (tertiary alicyclic amines) is 1. The summed E-state index contributed by atoms with van der Waals surface area (Å²) < 4.78 is 26.5. The molecule has 0 unspecified atom stereocenters. The fourth-order valence-electron chi connectivity index (χ4n) is 4.96. The molecule has 1 aromatic heterocycles. The number of hydrogen-bond donors (Lipinski definition) is 2. The summed E-state index contributed by atoms with van der Waals surface area (Å²) in [5.41, 5.74) is 3.28. The summed E-state index contributed by atoms with van der Waals surface area (Å²) in [6.45, 7) is 0.764. The first kappa shape index (κ1) is 25.9. The van der Waals surface area contributed by atoms with E-state index in [2.05, 4.69) is 15.3 Å². The smallest absolute Gasteiger partial charge is 0.250 e. The highest BCUT2D eigenvalue weighted by Gasteiger charge is 2.45. The number of imidazole rings is 1.